The van der Waals surface area contributed by atoms with Crippen molar-refractivity contribution in [3.8, 4) is 0 Å². The number of rotatable bonds is 6. The van der Waals surface area contributed by atoms with Crippen molar-refractivity contribution in [2.24, 2.45) is 0 Å². The summed E-state index contributed by atoms with van der Waals surface area (Å²) in [5.41, 5.74) is 13.9. The first-order valence-electron chi connectivity index (χ1n) is 12.7. The first-order chi connectivity index (χ1) is 18.0. The van der Waals surface area contributed by atoms with Gasteiger partial charge in [0.2, 0.25) is 0 Å². The van der Waals surface area contributed by atoms with Crippen molar-refractivity contribution in [2.75, 3.05) is 11.1 Å². The van der Waals surface area contributed by atoms with Crippen LogP contribution in [0.2, 0.25) is 0 Å². The summed E-state index contributed by atoms with van der Waals surface area (Å²) in [6, 6.07) is 10.5. The van der Waals surface area contributed by atoms with Gasteiger partial charge in [0.25, 0.3) is 0 Å². The normalized spacial score (nSPS) is 13.7. The van der Waals surface area contributed by atoms with Gasteiger partial charge in [0, 0.05) is 48.3 Å². The molecule has 1 aromatic carbocycles. The molecule has 0 aliphatic heterocycles. The summed E-state index contributed by atoms with van der Waals surface area (Å²) in [7, 11) is 0. The minimum absolute atomic E-state index is 0.564. The fraction of sp³-hybridized carbons (Fsp3) is 0.241. The molecule has 1 aliphatic rings. The molecule has 3 N–H and O–H groups in total. The van der Waals surface area contributed by atoms with E-state index >= 15 is 0 Å². The molecule has 5 heterocycles. The van der Waals surface area contributed by atoms with Crippen LogP contribution in [0.5, 0.6) is 0 Å². The van der Waals surface area contributed by atoms with E-state index in [1.165, 1.54) is 35.1 Å². The lowest BCUT2D eigenvalue weighted by Gasteiger charge is -2.15. The van der Waals surface area contributed by atoms with Gasteiger partial charge in [0.15, 0.2) is 5.82 Å². The number of nitrogens with zero attached hydrogens (tertiary/aromatic N) is 6. The van der Waals surface area contributed by atoms with E-state index in [9.17, 15) is 0 Å². The Labute approximate surface area is 214 Å². The quantitative estimate of drug-likeness (QED) is 0.327. The number of aryl methyl sites for hydroxylation is 2. The molecule has 5 aromatic heterocycles. The van der Waals surface area contributed by atoms with Crippen LogP contribution in [0.4, 0.5) is 11.6 Å². The van der Waals surface area contributed by atoms with Crippen LogP contribution in [-0.2, 0) is 13.1 Å². The molecule has 1 aliphatic carbocycles. The highest BCUT2D eigenvalue weighted by Gasteiger charge is 2.23. The zero-order valence-corrected chi connectivity index (χ0v) is 20.9. The van der Waals surface area contributed by atoms with Crippen LogP contribution in [0.15, 0.2) is 61.3 Å². The van der Waals surface area contributed by atoms with E-state index in [1.54, 1.807) is 6.20 Å². The highest BCUT2D eigenvalue weighted by Crippen LogP contribution is 2.40. The largest absolute Gasteiger partial charge is 0.383 e. The van der Waals surface area contributed by atoms with Crippen molar-refractivity contribution < 1.29 is 0 Å². The van der Waals surface area contributed by atoms with Gasteiger partial charge in [0.05, 0.1) is 12.2 Å². The van der Waals surface area contributed by atoms with Gasteiger partial charge in [-0.2, -0.15) is 5.10 Å². The Morgan fingerprint density at radius 2 is 1.86 bits per heavy atom. The van der Waals surface area contributed by atoms with Gasteiger partial charge >= 0.3 is 0 Å². The van der Waals surface area contributed by atoms with Crippen LogP contribution in [0, 0.1) is 13.8 Å². The van der Waals surface area contributed by atoms with Crippen LogP contribution in [0.25, 0.3) is 27.3 Å². The van der Waals surface area contributed by atoms with Crippen molar-refractivity contribution in [3.05, 3.63) is 89.3 Å². The highest BCUT2D eigenvalue weighted by molar-refractivity contribution is 5.94. The minimum Gasteiger partial charge on any atom is -0.383 e. The Balaban J connectivity index is 1.16. The SMILES string of the molecule is Cc1cc2c(N)nccc2c(C)c1CNc1nccc2cn(Cc3cn4cc(C5CC5)ccc4n3)nc12. The summed E-state index contributed by atoms with van der Waals surface area (Å²) in [6.07, 6.45) is 12.6. The summed E-state index contributed by atoms with van der Waals surface area (Å²) in [4.78, 5) is 13.7. The molecule has 0 atom stereocenters. The van der Waals surface area contributed by atoms with Gasteiger partial charge in [0.1, 0.15) is 17.0 Å². The molecule has 6 aromatic rings. The smallest absolute Gasteiger partial charge is 0.154 e. The van der Waals surface area contributed by atoms with Crippen LogP contribution in [-0.4, -0.2) is 29.1 Å². The van der Waals surface area contributed by atoms with Gasteiger partial charge in [-0.15, -0.1) is 0 Å². The number of nitrogen functional groups attached to an aromatic ring is 1. The van der Waals surface area contributed by atoms with E-state index in [0.29, 0.717) is 18.9 Å². The number of nitrogens with two attached hydrogens (primary N) is 1. The molecular weight excluding hydrogens is 460 g/mol. The van der Waals surface area contributed by atoms with Crippen molar-refractivity contribution in [3.63, 3.8) is 0 Å². The van der Waals surface area contributed by atoms with Crippen LogP contribution >= 0.6 is 0 Å². The Hall–Kier alpha value is -4.46. The van der Waals surface area contributed by atoms with Gasteiger partial charge in [-0.25, -0.2) is 15.0 Å². The highest BCUT2D eigenvalue weighted by atomic mass is 15.3. The molecule has 1 fully saturated rings. The van der Waals surface area contributed by atoms with Gasteiger partial charge < -0.3 is 15.5 Å². The average molecular weight is 489 g/mol. The maximum absolute atomic E-state index is 6.12. The van der Waals surface area contributed by atoms with Crippen molar-refractivity contribution >= 4 is 39.0 Å². The number of aromatic nitrogens is 6. The maximum Gasteiger partial charge on any atom is 0.154 e. The Bertz CT molecular complexity index is 1810. The van der Waals surface area contributed by atoms with Crippen LogP contribution in [0.3, 0.4) is 0 Å². The lowest BCUT2D eigenvalue weighted by atomic mass is 9.96. The molecule has 0 amide bonds. The third kappa shape index (κ3) is 3.85. The molecule has 0 radical (unpaired) electrons. The molecule has 0 bridgehead atoms. The standard InChI is InChI=1S/C29H28N8/c1-17-11-24-23(8-10-31-28(24)30)18(2)25(17)12-33-29-27-21(7-9-32-29)14-37(35-27)16-22-15-36-13-20(19-3-4-19)5-6-26(36)34-22/h5-11,13-15,19H,3-4,12,16H2,1-2H3,(H2,30,31)(H,32,33). The van der Waals surface area contributed by atoms with E-state index in [0.717, 1.165) is 44.8 Å². The minimum atomic E-state index is 0.564. The molecule has 1 saturated carbocycles. The molecular formula is C29H28N8. The van der Waals surface area contributed by atoms with Crippen molar-refractivity contribution in [1.82, 2.24) is 29.1 Å². The van der Waals surface area contributed by atoms with E-state index in [1.807, 2.05) is 23.0 Å². The second-order valence-electron chi connectivity index (χ2n) is 10.1. The first kappa shape index (κ1) is 21.8. The molecule has 8 heteroatoms. The fourth-order valence-corrected chi connectivity index (χ4v) is 5.34. The zero-order valence-electron chi connectivity index (χ0n) is 20.9. The number of imidazole rings is 1. The summed E-state index contributed by atoms with van der Waals surface area (Å²) in [6.45, 7) is 5.50. The Kier molecular flexibility index (Phi) is 4.89. The maximum atomic E-state index is 6.12. The number of fused-ring (bicyclic) bond motifs is 3. The summed E-state index contributed by atoms with van der Waals surface area (Å²) >= 11 is 0. The Morgan fingerprint density at radius 1 is 1.00 bits per heavy atom. The number of hydrogen-bond donors (Lipinski definition) is 2. The Morgan fingerprint density at radius 3 is 2.73 bits per heavy atom. The number of pyridine rings is 3. The number of anilines is 2. The molecule has 184 valence electrons. The number of hydrogen-bond acceptors (Lipinski definition) is 6. The number of benzene rings is 1. The van der Waals surface area contributed by atoms with E-state index in [4.69, 9.17) is 15.8 Å². The number of nitrogens with one attached hydrogen (secondary N) is 1. The predicted molar refractivity (Wildman–Crippen MR) is 147 cm³/mol. The van der Waals surface area contributed by atoms with Crippen LogP contribution < -0.4 is 11.1 Å². The van der Waals surface area contributed by atoms with E-state index in [-0.39, 0.29) is 0 Å². The first-order valence-corrected chi connectivity index (χ1v) is 12.7. The molecule has 37 heavy (non-hydrogen) atoms. The zero-order chi connectivity index (χ0) is 25.1. The van der Waals surface area contributed by atoms with Crippen LogP contribution in [0.1, 0.15) is 46.7 Å². The molecule has 0 unspecified atom stereocenters. The molecule has 0 saturated heterocycles. The third-order valence-corrected chi connectivity index (χ3v) is 7.52. The summed E-state index contributed by atoms with van der Waals surface area (Å²) < 4.78 is 4.09. The van der Waals surface area contributed by atoms with Gasteiger partial charge in [-0.05, 0) is 84.5 Å². The lowest BCUT2D eigenvalue weighted by Crippen LogP contribution is -2.07. The molecule has 0 spiro atoms. The topological polar surface area (TPSA) is 98.9 Å². The summed E-state index contributed by atoms with van der Waals surface area (Å²) in [5.74, 6) is 2.06. The van der Waals surface area contributed by atoms with Crippen molar-refractivity contribution in [1.29, 1.82) is 0 Å². The average Bonchev–Trinajstić information content (AvgIpc) is 3.53. The van der Waals surface area contributed by atoms with E-state index < -0.39 is 0 Å². The van der Waals surface area contributed by atoms with Gasteiger partial charge in [-0.3, -0.25) is 4.68 Å². The van der Waals surface area contributed by atoms with Gasteiger partial charge in [-0.1, -0.05) is 6.07 Å². The molecule has 8 nitrogen and oxygen atoms in total. The second kappa shape index (κ2) is 8.30. The second-order valence-corrected chi connectivity index (χ2v) is 10.1. The third-order valence-electron chi connectivity index (χ3n) is 7.52. The predicted octanol–water partition coefficient (Wildman–Crippen LogP) is 5.36. The summed E-state index contributed by atoms with van der Waals surface area (Å²) in [5, 5.41) is 11.6. The van der Waals surface area contributed by atoms with E-state index in [2.05, 4.69) is 70.3 Å². The monoisotopic (exact) mass is 488 g/mol. The fourth-order valence-electron chi connectivity index (χ4n) is 5.34. The van der Waals surface area contributed by atoms with Crippen molar-refractivity contribution in [2.45, 2.75) is 45.7 Å². The molecule has 7 rings (SSSR count). The lowest BCUT2D eigenvalue weighted by molar-refractivity contribution is 0.684.